The topological polar surface area (TPSA) is 100 Å². The summed E-state index contributed by atoms with van der Waals surface area (Å²) >= 11 is 8.14. The lowest BCUT2D eigenvalue weighted by Gasteiger charge is -2.43. The average molecular weight is 582 g/mol. The number of aromatic nitrogens is 1. The van der Waals surface area contributed by atoms with Gasteiger partial charge >= 0.3 is 5.97 Å². The standard InChI is InChI=1S/C30H32ClN3O5S/c31-22-11-12-25(39-17-23-21-8-3-4-9-26(21)40-32-23)28-20(22)13-15-34(24(28)16-33-14-5-10-27(33)35)29(36)18-6-1-2-7-19(18)30(37)38/h3-4,8-9,11-12,18-19,24H,1-2,5-7,10,13-17H2,(H,37,38)/t18-,19+,24-/m1/s1. The zero-order valence-electron chi connectivity index (χ0n) is 22.2. The van der Waals surface area contributed by atoms with E-state index in [0.717, 1.165) is 46.2 Å². The zero-order valence-corrected chi connectivity index (χ0v) is 23.8. The highest BCUT2D eigenvalue weighted by atomic mass is 35.5. The number of ether oxygens (including phenoxy) is 1. The van der Waals surface area contributed by atoms with Crippen LogP contribution in [0.1, 0.15) is 61.4 Å². The maximum atomic E-state index is 14.1. The van der Waals surface area contributed by atoms with Gasteiger partial charge in [-0.2, -0.15) is 4.37 Å². The van der Waals surface area contributed by atoms with E-state index >= 15 is 0 Å². The van der Waals surface area contributed by atoms with E-state index in [1.54, 1.807) is 4.90 Å². The maximum absolute atomic E-state index is 14.1. The molecule has 2 aliphatic heterocycles. The molecule has 2 aromatic carbocycles. The molecule has 0 bridgehead atoms. The number of likely N-dealkylation sites (tertiary alicyclic amines) is 1. The summed E-state index contributed by atoms with van der Waals surface area (Å²) < 4.78 is 12.1. The maximum Gasteiger partial charge on any atom is 0.307 e. The number of halogens is 1. The van der Waals surface area contributed by atoms with Crippen molar-refractivity contribution in [2.45, 2.75) is 57.6 Å². The van der Waals surface area contributed by atoms with Crippen LogP contribution in [0.5, 0.6) is 5.75 Å². The monoisotopic (exact) mass is 581 g/mol. The Kier molecular flexibility index (Phi) is 7.68. The fourth-order valence-electron chi connectivity index (χ4n) is 6.59. The Hall–Kier alpha value is -3.17. The average Bonchev–Trinajstić information content (AvgIpc) is 3.58. The van der Waals surface area contributed by atoms with E-state index in [1.165, 1.54) is 11.5 Å². The molecule has 3 heterocycles. The van der Waals surface area contributed by atoms with Crippen LogP contribution in [0.3, 0.4) is 0 Å². The van der Waals surface area contributed by atoms with Gasteiger partial charge in [-0.3, -0.25) is 14.4 Å². The highest BCUT2D eigenvalue weighted by Gasteiger charge is 2.43. The molecule has 2 amide bonds. The Balaban J connectivity index is 1.36. The molecule has 2 fully saturated rings. The van der Waals surface area contributed by atoms with Crippen LogP contribution in [-0.2, 0) is 27.4 Å². The summed E-state index contributed by atoms with van der Waals surface area (Å²) in [6.07, 6.45) is 4.53. The molecular weight excluding hydrogens is 550 g/mol. The molecule has 8 nitrogen and oxygen atoms in total. The van der Waals surface area contributed by atoms with Gasteiger partial charge in [0, 0.05) is 42.0 Å². The summed E-state index contributed by atoms with van der Waals surface area (Å²) in [4.78, 5) is 42.5. The van der Waals surface area contributed by atoms with Gasteiger partial charge in [0.05, 0.1) is 28.3 Å². The first-order valence-corrected chi connectivity index (χ1v) is 15.2. The summed E-state index contributed by atoms with van der Waals surface area (Å²) in [5.41, 5.74) is 2.57. The first-order valence-electron chi connectivity index (χ1n) is 14.0. The highest BCUT2D eigenvalue weighted by Crippen LogP contribution is 2.43. The van der Waals surface area contributed by atoms with Crippen molar-refractivity contribution in [2.75, 3.05) is 19.6 Å². The molecule has 1 aromatic heterocycles. The van der Waals surface area contributed by atoms with E-state index in [1.807, 2.05) is 41.3 Å². The van der Waals surface area contributed by atoms with Crippen molar-refractivity contribution in [3.8, 4) is 5.75 Å². The van der Waals surface area contributed by atoms with Gasteiger partial charge in [-0.05, 0) is 61.0 Å². The molecule has 1 saturated heterocycles. The largest absolute Gasteiger partial charge is 0.487 e. The van der Waals surface area contributed by atoms with E-state index in [2.05, 4.69) is 4.37 Å². The predicted octanol–water partition coefficient (Wildman–Crippen LogP) is 5.47. The van der Waals surface area contributed by atoms with Crippen LogP contribution in [0.25, 0.3) is 10.1 Å². The molecule has 6 rings (SSSR count). The van der Waals surface area contributed by atoms with Crippen molar-refractivity contribution < 1.29 is 24.2 Å². The number of carbonyl (C=O) groups excluding carboxylic acids is 2. The minimum atomic E-state index is -0.913. The summed E-state index contributed by atoms with van der Waals surface area (Å²) in [5, 5.41) is 11.5. The second-order valence-electron chi connectivity index (χ2n) is 10.9. The van der Waals surface area contributed by atoms with Gasteiger partial charge < -0.3 is 19.6 Å². The molecule has 0 unspecified atom stereocenters. The van der Waals surface area contributed by atoms with Crippen molar-refractivity contribution in [2.24, 2.45) is 11.8 Å². The molecule has 210 valence electrons. The first-order chi connectivity index (χ1) is 19.4. The summed E-state index contributed by atoms with van der Waals surface area (Å²) in [6.45, 7) is 1.64. The van der Waals surface area contributed by atoms with E-state index in [4.69, 9.17) is 16.3 Å². The van der Waals surface area contributed by atoms with Crippen LogP contribution in [-0.4, -0.2) is 56.7 Å². The first kappa shape index (κ1) is 27.0. The van der Waals surface area contributed by atoms with Gasteiger partial charge in [-0.15, -0.1) is 0 Å². The van der Waals surface area contributed by atoms with E-state index < -0.39 is 23.8 Å². The minimum absolute atomic E-state index is 0.0686. The summed E-state index contributed by atoms with van der Waals surface area (Å²) in [6, 6.07) is 11.2. The van der Waals surface area contributed by atoms with Crippen molar-refractivity contribution in [1.82, 2.24) is 14.2 Å². The minimum Gasteiger partial charge on any atom is -0.487 e. The second kappa shape index (κ2) is 11.4. The Morgan fingerprint density at radius 2 is 1.85 bits per heavy atom. The van der Waals surface area contributed by atoms with Crippen molar-refractivity contribution in [1.29, 1.82) is 0 Å². The SMILES string of the molecule is O=C(O)[C@H]1CCCC[C@H]1C(=O)N1CCc2c(Cl)ccc(OCc3nsc4ccccc34)c2[C@H]1CN1CCCC1=O. The fraction of sp³-hybridized carbons (Fsp3) is 0.467. The molecule has 1 saturated carbocycles. The Morgan fingerprint density at radius 1 is 1.05 bits per heavy atom. The van der Waals surface area contributed by atoms with Gasteiger partial charge in [0.2, 0.25) is 11.8 Å². The zero-order chi connectivity index (χ0) is 27.8. The molecule has 10 heteroatoms. The third-order valence-corrected chi connectivity index (χ3v) is 9.86. The molecule has 3 aliphatic rings. The molecule has 0 radical (unpaired) electrons. The number of aliphatic carboxylic acids is 1. The van der Waals surface area contributed by atoms with Gasteiger partial charge in [-0.25, -0.2) is 0 Å². The van der Waals surface area contributed by atoms with E-state index in [-0.39, 0.29) is 18.4 Å². The number of hydrogen-bond acceptors (Lipinski definition) is 6. The summed E-state index contributed by atoms with van der Waals surface area (Å²) in [7, 11) is 0. The number of fused-ring (bicyclic) bond motifs is 2. The van der Waals surface area contributed by atoms with Crippen molar-refractivity contribution in [3.63, 3.8) is 0 Å². The van der Waals surface area contributed by atoms with Gasteiger partial charge in [0.15, 0.2) is 0 Å². The van der Waals surface area contributed by atoms with Crippen LogP contribution in [0.4, 0.5) is 0 Å². The van der Waals surface area contributed by atoms with Crippen LogP contribution >= 0.6 is 23.1 Å². The van der Waals surface area contributed by atoms with Crippen LogP contribution in [0, 0.1) is 11.8 Å². The predicted molar refractivity (Wildman–Crippen MR) is 152 cm³/mol. The third kappa shape index (κ3) is 5.05. The number of benzene rings is 2. The molecule has 1 aliphatic carbocycles. The Bertz CT molecular complexity index is 1460. The number of amides is 2. The number of carbonyl (C=O) groups is 3. The molecule has 0 spiro atoms. The Morgan fingerprint density at radius 3 is 2.62 bits per heavy atom. The van der Waals surface area contributed by atoms with E-state index in [9.17, 15) is 19.5 Å². The number of rotatable bonds is 7. The second-order valence-corrected chi connectivity index (χ2v) is 12.1. The summed E-state index contributed by atoms with van der Waals surface area (Å²) in [5.74, 6) is -1.64. The van der Waals surface area contributed by atoms with Gasteiger partial charge in [-0.1, -0.05) is 42.6 Å². The number of carboxylic acids is 1. The van der Waals surface area contributed by atoms with Gasteiger partial charge in [0.25, 0.3) is 0 Å². The number of hydrogen-bond donors (Lipinski definition) is 1. The van der Waals surface area contributed by atoms with Crippen molar-refractivity contribution >= 4 is 51.0 Å². The van der Waals surface area contributed by atoms with E-state index in [0.29, 0.717) is 56.1 Å². The number of nitrogens with zero attached hydrogens (tertiary/aromatic N) is 3. The molecule has 40 heavy (non-hydrogen) atoms. The number of carboxylic acid groups (broad SMARTS) is 1. The highest BCUT2D eigenvalue weighted by molar-refractivity contribution is 7.13. The van der Waals surface area contributed by atoms with Crippen LogP contribution < -0.4 is 4.74 Å². The molecule has 3 aromatic rings. The molecular formula is C30H32ClN3O5S. The third-order valence-electron chi connectivity index (χ3n) is 8.64. The molecule has 3 atom stereocenters. The van der Waals surface area contributed by atoms with Crippen LogP contribution in [0.2, 0.25) is 5.02 Å². The lowest BCUT2D eigenvalue weighted by Crippen LogP contribution is -2.50. The Labute approximate surface area is 242 Å². The fourth-order valence-corrected chi connectivity index (χ4v) is 7.63. The van der Waals surface area contributed by atoms with Crippen LogP contribution in [0.15, 0.2) is 36.4 Å². The lowest BCUT2D eigenvalue weighted by atomic mass is 9.77. The smallest absolute Gasteiger partial charge is 0.307 e. The van der Waals surface area contributed by atoms with Crippen molar-refractivity contribution in [3.05, 3.63) is 58.2 Å². The normalized spacial score (nSPS) is 22.9. The quantitative estimate of drug-likeness (QED) is 0.397. The van der Waals surface area contributed by atoms with Gasteiger partial charge in [0.1, 0.15) is 12.4 Å². The lowest BCUT2D eigenvalue weighted by molar-refractivity contribution is -0.154. The molecule has 1 N–H and O–H groups in total.